The van der Waals surface area contributed by atoms with Crippen molar-refractivity contribution in [1.29, 1.82) is 0 Å². The van der Waals surface area contributed by atoms with Crippen LogP contribution >= 0.6 is 18.2 Å². The van der Waals surface area contributed by atoms with Crippen LogP contribution in [0.2, 0.25) is 0 Å². The first-order valence-electron chi connectivity index (χ1n) is 4.18. The van der Waals surface area contributed by atoms with Crippen LogP contribution in [-0.4, -0.2) is 30.4 Å². The summed E-state index contributed by atoms with van der Waals surface area (Å²) >= 11 is 0.111. The van der Waals surface area contributed by atoms with Gasteiger partial charge >= 0.3 is 71.1 Å². The molecule has 18 heavy (non-hydrogen) atoms. The Bertz CT molecular complexity index is 308. The van der Waals surface area contributed by atoms with E-state index < -0.39 is 24.8 Å². The zero-order valence-electron chi connectivity index (χ0n) is 10.7. The fourth-order valence-corrected chi connectivity index (χ4v) is 2.30. The van der Waals surface area contributed by atoms with Gasteiger partial charge in [0.05, 0.1) is 0 Å². The zero-order chi connectivity index (χ0) is 12.8. The molecule has 0 aliphatic rings. The van der Waals surface area contributed by atoms with Crippen LogP contribution in [0.25, 0.3) is 0 Å². The normalized spacial score (nSPS) is 11.6. The van der Waals surface area contributed by atoms with Crippen LogP contribution in [0.1, 0.15) is 13.8 Å². The van der Waals surface area contributed by atoms with Crippen LogP contribution in [0.15, 0.2) is 0 Å². The predicted octanol–water partition coefficient (Wildman–Crippen LogP) is -6.95. The molecule has 94 valence electrons. The maximum Gasteiger partial charge on any atom is 1.00 e. The third-order valence-electron chi connectivity index (χ3n) is 1.22. The van der Waals surface area contributed by atoms with E-state index in [9.17, 15) is 23.9 Å². The number of carbonyl (C=O) groups is 2. The minimum absolute atomic E-state index is 0. The summed E-state index contributed by atoms with van der Waals surface area (Å²) in [5, 5.41) is 0. The Morgan fingerprint density at radius 1 is 1.22 bits per heavy atom. The average molecular weight is 316 g/mol. The van der Waals surface area contributed by atoms with E-state index >= 15 is 0 Å². The molecule has 0 aromatic rings. The number of ether oxygens (including phenoxy) is 2. The maximum atomic E-state index is 10.6. The molecule has 0 rings (SSSR count). The third kappa shape index (κ3) is 17.4. The molecule has 7 nitrogen and oxygen atoms in total. The second-order valence-corrected chi connectivity index (χ2v) is 6.38. The molecule has 0 saturated carbocycles. The van der Waals surface area contributed by atoms with Gasteiger partial charge in [0.1, 0.15) is 12.7 Å². The minimum atomic E-state index is -4.73. The molecule has 0 fully saturated rings. The van der Waals surface area contributed by atoms with Gasteiger partial charge in [0.2, 0.25) is 0 Å². The fourth-order valence-electron chi connectivity index (χ4n) is 0.736. The number of rotatable bonds is 6. The predicted molar refractivity (Wildman–Crippen MR) is 52.3 cm³/mol. The van der Waals surface area contributed by atoms with Crippen LogP contribution < -0.4 is 68.9 Å². The molecule has 0 saturated heterocycles. The van der Waals surface area contributed by atoms with Gasteiger partial charge in [-0.25, -0.2) is 0 Å². The standard InChI is InChI=1S/C7H13O7PS.2Na/c1-5(8)13-3-7(14-6(2)9)4-16-15(10,11)12;;/h7H,3-4H2,1-2H3,(H2,10,11,12);;/q;2*+1/p-2/t7-;;/m0../s1. The molecular weight excluding hydrogens is 305 g/mol. The van der Waals surface area contributed by atoms with Crippen molar-refractivity contribution in [2.45, 2.75) is 20.0 Å². The molecule has 0 spiro atoms. The topological polar surface area (TPSA) is 116 Å². The van der Waals surface area contributed by atoms with Gasteiger partial charge in [0.25, 0.3) is 0 Å². The van der Waals surface area contributed by atoms with E-state index in [0.717, 1.165) is 13.8 Å². The van der Waals surface area contributed by atoms with Crippen LogP contribution in [0.4, 0.5) is 0 Å². The molecule has 0 aromatic heterocycles. The molecule has 11 heteroatoms. The second-order valence-electron chi connectivity index (χ2n) is 2.78. The van der Waals surface area contributed by atoms with Gasteiger partial charge in [0.15, 0.2) is 0 Å². The maximum absolute atomic E-state index is 10.6. The van der Waals surface area contributed by atoms with Gasteiger partial charge in [-0.15, -0.1) is 11.4 Å². The first kappa shape index (κ1) is 24.5. The van der Waals surface area contributed by atoms with E-state index in [-0.39, 0.29) is 82.9 Å². The van der Waals surface area contributed by atoms with Gasteiger partial charge in [-0.3, -0.25) is 9.59 Å². The average Bonchev–Trinajstić information content (AvgIpc) is 2.07. The Morgan fingerprint density at radius 3 is 2.06 bits per heavy atom. The SMILES string of the molecule is CC(=O)OC[C@@H](CSP(=O)([O-])[O-])OC(C)=O.[Na+].[Na+]. The summed E-state index contributed by atoms with van der Waals surface area (Å²) in [5.74, 6) is -1.50. The summed E-state index contributed by atoms with van der Waals surface area (Å²) in [6.45, 7) is -2.72. The summed E-state index contributed by atoms with van der Waals surface area (Å²) in [6, 6.07) is 0. The van der Waals surface area contributed by atoms with Crippen molar-refractivity contribution in [3.63, 3.8) is 0 Å². The molecular formula is C7H11Na2O7PS. The smallest absolute Gasteiger partial charge is 0.803 e. The first-order chi connectivity index (χ1) is 7.20. The van der Waals surface area contributed by atoms with E-state index in [1.165, 1.54) is 0 Å². The Kier molecular flexibility index (Phi) is 16.6. The van der Waals surface area contributed by atoms with Crippen LogP contribution in [0, 0.1) is 0 Å². The van der Waals surface area contributed by atoms with Gasteiger partial charge in [-0.1, -0.05) is 0 Å². The van der Waals surface area contributed by atoms with Crippen molar-refractivity contribution in [2.24, 2.45) is 0 Å². The summed E-state index contributed by atoms with van der Waals surface area (Å²) < 4.78 is 19.6. The Balaban J connectivity index is -0.00000112. The Hall–Kier alpha value is 1.44. The summed E-state index contributed by atoms with van der Waals surface area (Å²) in [6.07, 6.45) is -0.942. The molecule has 0 aliphatic heterocycles. The van der Waals surface area contributed by atoms with Crippen molar-refractivity contribution in [3.05, 3.63) is 0 Å². The zero-order valence-corrected chi connectivity index (χ0v) is 16.4. The van der Waals surface area contributed by atoms with Crippen molar-refractivity contribution in [3.8, 4) is 0 Å². The molecule has 0 heterocycles. The molecule has 0 aromatic carbocycles. The van der Waals surface area contributed by atoms with Gasteiger partial charge in [0, 0.05) is 19.6 Å². The molecule has 1 atom stereocenters. The number of hydrogen-bond donors (Lipinski definition) is 0. The van der Waals surface area contributed by atoms with Gasteiger partial charge in [-0.05, 0) is 6.80 Å². The van der Waals surface area contributed by atoms with E-state index in [1.54, 1.807) is 0 Å². The summed E-state index contributed by atoms with van der Waals surface area (Å²) in [4.78, 5) is 41.8. The molecule has 0 radical (unpaired) electrons. The van der Waals surface area contributed by atoms with E-state index in [2.05, 4.69) is 9.47 Å². The van der Waals surface area contributed by atoms with Gasteiger partial charge < -0.3 is 23.8 Å². The monoisotopic (exact) mass is 316 g/mol. The molecule has 0 unspecified atom stereocenters. The van der Waals surface area contributed by atoms with Crippen LogP contribution in [0.5, 0.6) is 0 Å². The summed E-state index contributed by atoms with van der Waals surface area (Å²) in [7, 11) is 0. The van der Waals surface area contributed by atoms with E-state index in [4.69, 9.17) is 0 Å². The van der Waals surface area contributed by atoms with Crippen molar-refractivity contribution in [2.75, 3.05) is 12.4 Å². The molecule has 0 aliphatic carbocycles. The van der Waals surface area contributed by atoms with Gasteiger partial charge in [-0.2, -0.15) is 0 Å². The number of carbonyl (C=O) groups excluding carboxylic acids is 2. The number of hydrogen-bond acceptors (Lipinski definition) is 8. The first-order valence-corrected chi connectivity index (χ1v) is 7.31. The van der Waals surface area contributed by atoms with Crippen LogP contribution in [0.3, 0.4) is 0 Å². The van der Waals surface area contributed by atoms with Crippen LogP contribution in [-0.2, 0) is 23.6 Å². The van der Waals surface area contributed by atoms with Crippen molar-refractivity contribution >= 4 is 30.1 Å². The van der Waals surface area contributed by atoms with E-state index in [0.29, 0.717) is 0 Å². The van der Waals surface area contributed by atoms with Crippen molar-refractivity contribution < 1.29 is 92.5 Å². The number of esters is 2. The Labute approximate surface area is 153 Å². The Morgan fingerprint density at radius 2 is 1.72 bits per heavy atom. The van der Waals surface area contributed by atoms with Crippen molar-refractivity contribution in [1.82, 2.24) is 0 Å². The summed E-state index contributed by atoms with van der Waals surface area (Å²) in [5.41, 5.74) is 0. The molecule has 0 bridgehead atoms. The molecule has 0 amide bonds. The fraction of sp³-hybridized carbons (Fsp3) is 0.714. The third-order valence-corrected chi connectivity index (χ3v) is 3.46. The molecule has 0 N–H and O–H groups in total. The van der Waals surface area contributed by atoms with E-state index in [1.807, 2.05) is 0 Å². The second kappa shape index (κ2) is 12.2. The quantitative estimate of drug-likeness (QED) is 0.270. The largest absolute Gasteiger partial charge is 1.00 e. The minimum Gasteiger partial charge on any atom is -0.803 e.